The molecule has 0 spiro atoms. The maximum absolute atomic E-state index is 11.5. The maximum atomic E-state index is 11.5. The second-order valence-corrected chi connectivity index (χ2v) is 7.33. The summed E-state index contributed by atoms with van der Waals surface area (Å²) in [6, 6.07) is 3.06. The second kappa shape index (κ2) is 4.82. The molecule has 1 saturated heterocycles. The van der Waals surface area contributed by atoms with Gasteiger partial charge in [-0.15, -0.1) is 0 Å². The summed E-state index contributed by atoms with van der Waals surface area (Å²) in [5.74, 6) is 1.73. The first kappa shape index (κ1) is 12.4. The molecule has 18 heavy (non-hydrogen) atoms. The lowest BCUT2D eigenvalue weighted by Gasteiger charge is -2.29. The average Bonchev–Trinajstić information content (AvgIpc) is 2.69. The van der Waals surface area contributed by atoms with Crippen molar-refractivity contribution in [1.82, 2.24) is 4.57 Å². The van der Waals surface area contributed by atoms with Gasteiger partial charge in [0.2, 0.25) is 0 Å². The van der Waals surface area contributed by atoms with Gasteiger partial charge in [0.05, 0.1) is 0 Å². The van der Waals surface area contributed by atoms with E-state index in [1.54, 1.807) is 0 Å². The van der Waals surface area contributed by atoms with Gasteiger partial charge in [-0.1, -0.05) is 0 Å². The molecule has 3 nitrogen and oxygen atoms in total. The minimum absolute atomic E-state index is 0.228. The van der Waals surface area contributed by atoms with Crippen LogP contribution in [0.1, 0.15) is 54.7 Å². The summed E-state index contributed by atoms with van der Waals surface area (Å²) in [6.07, 6.45) is 5.60. The Labute approximate surface area is 111 Å². The Bertz CT molecular complexity index is 470. The van der Waals surface area contributed by atoms with E-state index in [-0.39, 0.29) is 6.04 Å². The lowest BCUT2D eigenvalue weighted by Crippen LogP contribution is -2.25. The summed E-state index contributed by atoms with van der Waals surface area (Å²) in [6.45, 7) is 2.19. The molecule has 1 aliphatic carbocycles. The Morgan fingerprint density at radius 1 is 1.33 bits per heavy atom. The third kappa shape index (κ3) is 2.05. The molecule has 1 aromatic rings. The van der Waals surface area contributed by atoms with Gasteiger partial charge in [0.1, 0.15) is 0 Å². The van der Waals surface area contributed by atoms with Crippen LogP contribution in [-0.4, -0.2) is 20.3 Å². The quantitative estimate of drug-likeness (QED) is 0.847. The van der Waals surface area contributed by atoms with Crippen LogP contribution < -0.4 is 5.73 Å². The van der Waals surface area contributed by atoms with Gasteiger partial charge in [-0.05, 0) is 50.7 Å². The first-order valence-electron chi connectivity index (χ1n) is 6.98. The number of nitrogens with two attached hydrogens (primary N) is 1. The van der Waals surface area contributed by atoms with Crippen molar-refractivity contribution in [3.05, 3.63) is 23.0 Å². The van der Waals surface area contributed by atoms with E-state index in [1.807, 2.05) is 0 Å². The first-order valence-corrected chi connectivity index (χ1v) is 8.47. The monoisotopic (exact) mass is 266 g/mol. The number of hydrogen-bond donors (Lipinski definition) is 1. The molecular formula is C14H22N2OS. The van der Waals surface area contributed by atoms with Gasteiger partial charge in [0.25, 0.3) is 0 Å². The molecule has 3 rings (SSSR count). The number of aryl methyl sites for hydroxylation is 1. The molecule has 1 aromatic heterocycles. The van der Waals surface area contributed by atoms with E-state index in [4.69, 9.17) is 5.73 Å². The topological polar surface area (TPSA) is 48.0 Å². The number of aromatic nitrogens is 1. The zero-order valence-corrected chi connectivity index (χ0v) is 11.8. The van der Waals surface area contributed by atoms with Crippen LogP contribution in [0.2, 0.25) is 0 Å². The highest BCUT2D eigenvalue weighted by atomic mass is 32.2. The molecule has 1 unspecified atom stereocenters. The molecule has 2 heterocycles. The molecule has 1 atom stereocenters. The molecule has 0 amide bonds. The van der Waals surface area contributed by atoms with Crippen LogP contribution >= 0.6 is 0 Å². The number of nitrogens with zero attached hydrogens (tertiary/aromatic N) is 1. The zero-order chi connectivity index (χ0) is 12.7. The van der Waals surface area contributed by atoms with Crippen molar-refractivity contribution in [2.24, 2.45) is 5.73 Å². The largest absolute Gasteiger partial charge is 0.345 e. The van der Waals surface area contributed by atoms with Gasteiger partial charge in [0.15, 0.2) is 0 Å². The van der Waals surface area contributed by atoms with Gasteiger partial charge in [-0.25, -0.2) is 0 Å². The van der Waals surface area contributed by atoms with E-state index in [0.717, 1.165) is 37.2 Å². The maximum Gasteiger partial charge on any atom is 0.0353 e. The standard InChI is InChI=1S/C14H22N2OS/c1-10-9-12-13(15)3-2-4-14(12)16(10)11-5-7-18(17)8-6-11/h9,11,13H,2-8,15H2,1H3. The fraction of sp³-hybridized carbons (Fsp3) is 0.714. The molecule has 1 fully saturated rings. The van der Waals surface area contributed by atoms with E-state index < -0.39 is 10.8 Å². The third-order valence-corrected chi connectivity index (χ3v) is 5.80. The van der Waals surface area contributed by atoms with E-state index in [1.165, 1.54) is 23.4 Å². The van der Waals surface area contributed by atoms with Crippen LogP contribution in [0.25, 0.3) is 0 Å². The molecule has 0 saturated carbocycles. The van der Waals surface area contributed by atoms with Crippen molar-refractivity contribution in [2.45, 2.75) is 51.1 Å². The summed E-state index contributed by atoms with van der Waals surface area (Å²) < 4.78 is 14.0. The van der Waals surface area contributed by atoms with Crippen LogP contribution in [0.3, 0.4) is 0 Å². The average molecular weight is 266 g/mol. The van der Waals surface area contributed by atoms with Crippen LogP contribution in [-0.2, 0) is 17.2 Å². The fourth-order valence-corrected chi connectivity index (χ4v) is 4.78. The number of fused-ring (bicyclic) bond motifs is 1. The Morgan fingerprint density at radius 2 is 2.06 bits per heavy atom. The predicted octanol–water partition coefficient (Wildman–Crippen LogP) is 2.22. The van der Waals surface area contributed by atoms with Gasteiger partial charge in [-0.3, -0.25) is 4.21 Å². The Kier molecular flexibility index (Phi) is 3.32. The Balaban J connectivity index is 1.94. The van der Waals surface area contributed by atoms with E-state index in [2.05, 4.69) is 17.6 Å². The highest BCUT2D eigenvalue weighted by Gasteiger charge is 2.27. The van der Waals surface area contributed by atoms with Crippen molar-refractivity contribution in [3.8, 4) is 0 Å². The second-order valence-electron chi connectivity index (χ2n) is 5.64. The molecule has 0 bridgehead atoms. The Hall–Kier alpha value is -0.610. The zero-order valence-electron chi connectivity index (χ0n) is 11.0. The smallest absolute Gasteiger partial charge is 0.0353 e. The van der Waals surface area contributed by atoms with Crippen LogP contribution in [0.5, 0.6) is 0 Å². The molecule has 2 N–H and O–H groups in total. The molecule has 0 radical (unpaired) electrons. The Morgan fingerprint density at radius 3 is 2.78 bits per heavy atom. The van der Waals surface area contributed by atoms with E-state index in [0.29, 0.717) is 6.04 Å². The van der Waals surface area contributed by atoms with Crippen molar-refractivity contribution < 1.29 is 4.21 Å². The summed E-state index contributed by atoms with van der Waals surface area (Å²) in [5.41, 5.74) is 10.4. The highest BCUT2D eigenvalue weighted by Crippen LogP contribution is 2.35. The highest BCUT2D eigenvalue weighted by molar-refractivity contribution is 7.85. The summed E-state index contributed by atoms with van der Waals surface area (Å²) in [5, 5.41) is 0. The number of hydrogen-bond acceptors (Lipinski definition) is 2. The van der Waals surface area contributed by atoms with Gasteiger partial charge < -0.3 is 10.3 Å². The van der Waals surface area contributed by atoms with Gasteiger partial charge in [-0.2, -0.15) is 0 Å². The van der Waals surface area contributed by atoms with Crippen LogP contribution in [0, 0.1) is 6.92 Å². The van der Waals surface area contributed by atoms with Gasteiger partial charge >= 0.3 is 0 Å². The summed E-state index contributed by atoms with van der Waals surface area (Å²) >= 11 is 0. The molecule has 4 heteroatoms. The first-order chi connectivity index (χ1) is 8.66. The molecule has 1 aliphatic heterocycles. The lowest BCUT2D eigenvalue weighted by molar-refractivity contribution is 0.429. The van der Waals surface area contributed by atoms with Gasteiger partial charge in [0, 0.05) is 45.8 Å². The molecule has 0 aromatic carbocycles. The third-order valence-electron chi connectivity index (χ3n) is 4.42. The molecular weight excluding hydrogens is 244 g/mol. The SMILES string of the molecule is Cc1cc2c(n1C1CCS(=O)CC1)CCCC2N. The van der Waals surface area contributed by atoms with E-state index >= 15 is 0 Å². The fourth-order valence-electron chi connectivity index (χ4n) is 3.51. The van der Waals surface area contributed by atoms with Crippen molar-refractivity contribution >= 4 is 10.8 Å². The molecule has 100 valence electrons. The summed E-state index contributed by atoms with van der Waals surface area (Å²) in [7, 11) is -0.576. The minimum atomic E-state index is -0.576. The summed E-state index contributed by atoms with van der Waals surface area (Å²) in [4.78, 5) is 0. The molecule has 2 aliphatic rings. The van der Waals surface area contributed by atoms with Crippen LogP contribution in [0.15, 0.2) is 6.07 Å². The normalized spacial score (nSPS) is 32.2. The minimum Gasteiger partial charge on any atom is -0.345 e. The van der Waals surface area contributed by atoms with Crippen molar-refractivity contribution in [3.63, 3.8) is 0 Å². The lowest BCUT2D eigenvalue weighted by atomic mass is 9.93. The van der Waals surface area contributed by atoms with Crippen LogP contribution in [0.4, 0.5) is 0 Å². The predicted molar refractivity (Wildman–Crippen MR) is 75.2 cm³/mol. The van der Waals surface area contributed by atoms with Crippen molar-refractivity contribution in [2.75, 3.05) is 11.5 Å². The van der Waals surface area contributed by atoms with Crippen molar-refractivity contribution in [1.29, 1.82) is 0 Å². The number of rotatable bonds is 1. The van der Waals surface area contributed by atoms with E-state index in [9.17, 15) is 4.21 Å².